The van der Waals surface area contributed by atoms with Gasteiger partial charge in [0, 0.05) is 28.7 Å². The minimum atomic E-state index is -0.303. The topological polar surface area (TPSA) is 53.7 Å². The van der Waals surface area contributed by atoms with Gasteiger partial charge in [-0.25, -0.2) is 4.39 Å². The molecule has 116 valence electrons. The fourth-order valence-corrected chi connectivity index (χ4v) is 3.32. The summed E-state index contributed by atoms with van der Waals surface area (Å²) in [5.41, 5.74) is 2.13. The van der Waals surface area contributed by atoms with E-state index in [1.807, 2.05) is 0 Å². The Morgan fingerprint density at radius 1 is 1.45 bits per heavy atom. The molecule has 0 aliphatic carbocycles. The van der Waals surface area contributed by atoms with E-state index in [2.05, 4.69) is 15.9 Å². The number of aryl methyl sites for hydroxylation is 1. The molecule has 0 bridgehead atoms. The van der Waals surface area contributed by atoms with Gasteiger partial charge < -0.3 is 14.4 Å². The minimum Gasteiger partial charge on any atom is -0.453 e. The number of rotatable bonds is 2. The average molecular weight is 368 g/mol. The summed E-state index contributed by atoms with van der Waals surface area (Å²) in [5, 5.41) is 9.09. The molecule has 3 rings (SSSR count). The number of hydrogen-bond donors (Lipinski definition) is 1. The van der Waals surface area contributed by atoms with E-state index in [1.165, 1.54) is 6.07 Å². The third kappa shape index (κ3) is 2.57. The lowest BCUT2D eigenvalue weighted by Crippen LogP contribution is -2.36. The number of aliphatic hydroxyl groups is 1. The molecule has 4 nitrogen and oxygen atoms in total. The smallest absolute Gasteiger partial charge is 0.290 e. The van der Waals surface area contributed by atoms with Crippen LogP contribution in [0.3, 0.4) is 0 Å². The molecule has 2 heterocycles. The summed E-state index contributed by atoms with van der Waals surface area (Å²) < 4.78 is 20.3. The molecule has 1 N–H and O–H groups in total. The van der Waals surface area contributed by atoms with Crippen molar-refractivity contribution in [2.24, 2.45) is 0 Å². The van der Waals surface area contributed by atoms with Gasteiger partial charge in [-0.1, -0.05) is 15.9 Å². The van der Waals surface area contributed by atoms with Gasteiger partial charge in [0.2, 0.25) is 0 Å². The van der Waals surface area contributed by atoms with Crippen LogP contribution >= 0.6 is 15.9 Å². The molecule has 0 fully saturated rings. The second-order valence-electron chi connectivity index (χ2n) is 5.35. The van der Waals surface area contributed by atoms with Crippen LogP contribution in [0.5, 0.6) is 0 Å². The molecule has 1 aliphatic rings. The Balaban J connectivity index is 1.89. The summed E-state index contributed by atoms with van der Waals surface area (Å²) in [7, 11) is 0. The maximum absolute atomic E-state index is 14.0. The van der Waals surface area contributed by atoms with Crippen molar-refractivity contribution in [2.75, 3.05) is 6.54 Å². The second-order valence-corrected chi connectivity index (χ2v) is 6.20. The monoisotopic (exact) mass is 367 g/mol. The molecule has 0 saturated heterocycles. The highest BCUT2D eigenvalue weighted by Crippen LogP contribution is 2.30. The molecule has 22 heavy (non-hydrogen) atoms. The van der Waals surface area contributed by atoms with Gasteiger partial charge in [0.1, 0.15) is 18.2 Å². The standard InChI is InChI=1S/C16H15BrFNO3/c1-9-6-10(8-20)22-15(9)16(21)19-5-4-11-12(7-19)14(18)3-2-13(11)17/h2-3,6,20H,4-5,7-8H2,1H3. The van der Waals surface area contributed by atoms with Crippen LogP contribution in [-0.4, -0.2) is 22.5 Å². The molecule has 2 aromatic rings. The molecular formula is C16H15BrFNO3. The number of nitrogens with zero attached hydrogens (tertiary/aromatic N) is 1. The fraction of sp³-hybridized carbons (Fsp3) is 0.312. The van der Waals surface area contributed by atoms with Crippen LogP contribution in [0.4, 0.5) is 4.39 Å². The van der Waals surface area contributed by atoms with E-state index in [9.17, 15) is 9.18 Å². The lowest BCUT2D eigenvalue weighted by Gasteiger charge is -2.29. The maximum atomic E-state index is 14.0. The van der Waals surface area contributed by atoms with Crippen molar-refractivity contribution in [3.05, 3.63) is 56.7 Å². The van der Waals surface area contributed by atoms with E-state index in [0.717, 1.165) is 10.0 Å². The summed E-state index contributed by atoms with van der Waals surface area (Å²) >= 11 is 3.43. The van der Waals surface area contributed by atoms with E-state index in [1.54, 1.807) is 24.0 Å². The van der Waals surface area contributed by atoms with Gasteiger partial charge in [0.25, 0.3) is 5.91 Å². The summed E-state index contributed by atoms with van der Waals surface area (Å²) in [6, 6.07) is 4.73. The molecule has 0 radical (unpaired) electrons. The number of amides is 1. The molecule has 0 atom stereocenters. The summed E-state index contributed by atoms with van der Waals surface area (Å²) in [4.78, 5) is 14.1. The number of benzene rings is 1. The zero-order valence-electron chi connectivity index (χ0n) is 12.0. The minimum absolute atomic E-state index is 0.211. The van der Waals surface area contributed by atoms with Crippen LogP contribution in [0, 0.1) is 12.7 Å². The Hall–Kier alpha value is -1.66. The highest BCUT2D eigenvalue weighted by molar-refractivity contribution is 9.10. The van der Waals surface area contributed by atoms with Crippen molar-refractivity contribution in [1.82, 2.24) is 4.90 Å². The Labute approximate surface area is 135 Å². The number of carbonyl (C=O) groups excluding carboxylic acids is 1. The van der Waals surface area contributed by atoms with Crippen molar-refractivity contribution in [2.45, 2.75) is 26.5 Å². The summed E-state index contributed by atoms with van der Waals surface area (Å²) in [6.07, 6.45) is 0.589. The van der Waals surface area contributed by atoms with Gasteiger partial charge >= 0.3 is 0 Å². The average Bonchev–Trinajstić information content (AvgIpc) is 2.91. The van der Waals surface area contributed by atoms with Gasteiger partial charge in [-0.3, -0.25) is 4.79 Å². The van der Waals surface area contributed by atoms with Crippen molar-refractivity contribution >= 4 is 21.8 Å². The molecule has 1 aromatic heterocycles. The summed E-state index contributed by atoms with van der Waals surface area (Å²) in [5.74, 6) is -0.0137. The van der Waals surface area contributed by atoms with E-state index >= 15 is 0 Å². The molecule has 0 spiro atoms. The van der Waals surface area contributed by atoms with Crippen LogP contribution in [0.1, 0.15) is 33.0 Å². The van der Waals surface area contributed by atoms with Crippen molar-refractivity contribution in [3.63, 3.8) is 0 Å². The zero-order chi connectivity index (χ0) is 15.9. The van der Waals surface area contributed by atoms with Gasteiger partial charge in [-0.15, -0.1) is 0 Å². The number of hydrogen-bond acceptors (Lipinski definition) is 3. The van der Waals surface area contributed by atoms with Crippen LogP contribution in [0.25, 0.3) is 0 Å². The van der Waals surface area contributed by atoms with Crippen LogP contribution in [0.15, 0.2) is 27.1 Å². The number of halogens is 2. The van der Waals surface area contributed by atoms with Crippen LogP contribution in [-0.2, 0) is 19.6 Å². The largest absolute Gasteiger partial charge is 0.453 e. The number of fused-ring (bicyclic) bond motifs is 1. The van der Waals surface area contributed by atoms with E-state index in [0.29, 0.717) is 29.9 Å². The zero-order valence-corrected chi connectivity index (χ0v) is 13.6. The third-order valence-corrected chi connectivity index (χ3v) is 4.65. The molecule has 0 unspecified atom stereocenters. The first-order valence-corrected chi connectivity index (χ1v) is 7.75. The van der Waals surface area contributed by atoms with E-state index in [4.69, 9.17) is 9.52 Å². The molecule has 6 heteroatoms. The first-order chi connectivity index (χ1) is 10.5. The van der Waals surface area contributed by atoms with Crippen LogP contribution in [0.2, 0.25) is 0 Å². The molecule has 1 amide bonds. The van der Waals surface area contributed by atoms with Crippen molar-refractivity contribution in [1.29, 1.82) is 0 Å². The quantitative estimate of drug-likeness (QED) is 0.886. The highest BCUT2D eigenvalue weighted by Gasteiger charge is 2.28. The Morgan fingerprint density at radius 3 is 2.91 bits per heavy atom. The Bertz CT molecular complexity index is 741. The Kier molecular flexibility index (Phi) is 4.06. The fourth-order valence-electron chi connectivity index (χ4n) is 2.75. The Morgan fingerprint density at radius 2 is 2.23 bits per heavy atom. The number of carbonyl (C=O) groups is 1. The van der Waals surface area contributed by atoms with Crippen molar-refractivity contribution in [3.8, 4) is 0 Å². The first-order valence-electron chi connectivity index (χ1n) is 6.96. The molecule has 1 aromatic carbocycles. The molecule has 0 saturated carbocycles. The predicted octanol–water partition coefficient (Wildman–Crippen LogP) is 3.18. The summed E-state index contributed by atoms with van der Waals surface area (Å²) in [6.45, 7) is 2.22. The highest BCUT2D eigenvalue weighted by atomic mass is 79.9. The molecular weight excluding hydrogens is 353 g/mol. The first kappa shape index (κ1) is 15.2. The normalized spacial score (nSPS) is 14.1. The number of furan rings is 1. The van der Waals surface area contributed by atoms with Gasteiger partial charge in [0.05, 0.1) is 0 Å². The second kappa shape index (κ2) is 5.85. The lowest BCUT2D eigenvalue weighted by molar-refractivity contribution is 0.0694. The van der Waals surface area contributed by atoms with Gasteiger partial charge in [-0.2, -0.15) is 0 Å². The van der Waals surface area contributed by atoms with Crippen LogP contribution < -0.4 is 0 Å². The van der Waals surface area contributed by atoms with Gasteiger partial charge in [0.15, 0.2) is 5.76 Å². The SMILES string of the molecule is Cc1cc(CO)oc1C(=O)N1CCc2c(Br)ccc(F)c2C1. The lowest BCUT2D eigenvalue weighted by atomic mass is 9.99. The van der Waals surface area contributed by atoms with E-state index < -0.39 is 0 Å². The van der Waals surface area contributed by atoms with E-state index in [-0.39, 0.29) is 30.6 Å². The maximum Gasteiger partial charge on any atom is 0.290 e. The predicted molar refractivity (Wildman–Crippen MR) is 81.9 cm³/mol. The molecule has 1 aliphatic heterocycles. The van der Waals surface area contributed by atoms with Crippen molar-refractivity contribution < 1.29 is 18.7 Å². The van der Waals surface area contributed by atoms with Gasteiger partial charge in [-0.05, 0) is 37.1 Å². The third-order valence-electron chi connectivity index (χ3n) is 3.90. The number of aliphatic hydroxyl groups excluding tert-OH is 1.